The summed E-state index contributed by atoms with van der Waals surface area (Å²) in [5.41, 5.74) is 3.73. The molecule has 0 radical (unpaired) electrons. The first kappa shape index (κ1) is 22.3. The van der Waals surface area contributed by atoms with Gasteiger partial charge in [0.05, 0.1) is 0 Å². The van der Waals surface area contributed by atoms with E-state index in [0.717, 1.165) is 14.2 Å². The van der Waals surface area contributed by atoms with Crippen LogP contribution in [0, 0.1) is 5.41 Å². The smallest absolute Gasteiger partial charge is 0.153 e. The molecule has 2 N–H and O–H groups in total. The topological polar surface area (TPSA) is 104 Å². The van der Waals surface area contributed by atoms with Crippen LogP contribution in [0.25, 0.3) is 0 Å². The molecule has 0 spiro atoms. The monoisotopic (exact) mass is 333 g/mol. The molecular formula is C14H25N2O4Ti. The first-order chi connectivity index (χ1) is 9.87. The minimum atomic E-state index is -2.25. The van der Waals surface area contributed by atoms with E-state index in [2.05, 4.69) is 42.2 Å². The molecular weight excluding hydrogens is 308 g/mol. The van der Waals surface area contributed by atoms with Gasteiger partial charge in [-0.05, 0) is 0 Å². The zero-order valence-electron chi connectivity index (χ0n) is 13.8. The van der Waals surface area contributed by atoms with Crippen LogP contribution < -0.4 is 17.8 Å². The van der Waals surface area contributed by atoms with Crippen LogP contribution in [0.5, 0.6) is 0 Å². The van der Waals surface area contributed by atoms with E-state index in [-0.39, 0.29) is 5.41 Å². The van der Waals surface area contributed by atoms with E-state index in [0.29, 0.717) is 12.8 Å². The Kier molecular flexibility index (Phi) is 11.4. The van der Waals surface area contributed by atoms with Gasteiger partial charge in [0, 0.05) is 0 Å². The molecule has 0 aromatic carbocycles. The summed E-state index contributed by atoms with van der Waals surface area (Å²) < 4.78 is 6.84. The predicted octanol–water partition coefficient (Wildman–Crippen LogP) is -0.470. The molecule has 1 rings (SSSR count). The van der Waals surface area contributed by atoms with Crippen LogP contribution in [0.3, 0.4) is 0 Å². The predicted molar refractivity (Wildman–Crippen MR) is 75.1 cm³/mol. The van der Waals surface area contributed by atoms with Gasteiger partial charge in [0.1, 0.15) is 0 Å². The molecule has 119 valence electrons. The minimum Gasteiger partial charge on any atom is -0.857 e. The fourth-order valence-corrected chi connectivity index (χ4v) is 5.49. The number of carbonyl (C=O) groups is 2. The van der Waals surface area contributed by atoms with Gasteiger partial charge in [-0.3, -0.25) is 0 Å². The Morgan fingerprint density at radius 3 is 1.52 bits per heavy atom. The average Bonchev–Trinajstić information content (AvgIpc) is 2.64. The summed E-state index contributed by atoms with van der Waals surface area (Å²) in [5, 5.41) is 16.5. The molecule has 21 heavy (non-hydrogen) atoms. The quantitative estimate of drug-likeness (QED) is 0.524. The molecule has 0 aliphatic heterocycles. The van der Waals surface area contributed by atoms with Crippen LogP contribution in [0.4, 0.5) is 0 Å². The summed E-state index contributed by atoms with van der Waals surface area (Å²) >= 11 is -2.25. The second-order valence-corrected chi connectivity index (χ2v) is 7.63. The van der Waals surface area contributed by atoms with Crippen LogP contribution in [0.2, 0.25) is 0 Å². The Labute approximate surface area is 133 Å². The van der Waals surface area contributed by atoms with E-state index in [1.807, 2.05) is 0 Å². The average molecular weight is 333 g/mol. The normalized spacial score (nSPS) is 15.3. The van der Waals surface area contributed by atoms with Gasteiger partial charge >= 0.3 is 109 Å². The molecule has 0 atom stereocenters. The van der Waals surface area contributed by atoms with Crippen molar-refractivity contribution in [2.75, 3.05) is 14.2 Å². The standard InChI is InChI=1S/C10H15.2CH3NO.2CH3O.Ti/c1-7-6-10(4,5)9(3)8(7)2;2*2-1-3;2*1-2;/h1-5H3;2*1H,(H2,2,3);2*1H3;/q;;;2*-1;+4/p-2. The molecule has 0 saturated heterocycles. The number of allylic oxidation sites excluding steroid dienone is 4. The molecule has 0 fully saturated rings. The summed E-state index contributed by atoms with van der Waals surface area (Å²) in [6.45, 7) is 10.6. The van der Waals surface area contributed by atoms with E-state index in [1.54, 1.807) is 0 Å². The van der Waals surface area contributed by atoms with E-state index in [9.17, 15) is 9.59 Å². The van der Waals surface area contributed by atoms with Crippen molar-refractivity contribution in [2.45, 2.75) is 34.6 Å². The zero-order chi connectivity index (χ0) is 17.2. The number of amides is 2. The van der Waals surface area contributed by atoms with Gasteiger partial charge in [-0.25, -0.2) is 0 Å². The Morgan fingerprint density at radius 1 is 0.905 bits per heavy atom. The molecule has 6 nitrogen and oxygen atoms in total. The molecule has 0 heterocycles. The van der Waals surface area contributed by atoms with Crippen LogP contribution in [-0.4, -0.2) is 27.0 Å². The van der Waals surface area contributed by atoms with Crippen molar-refractivity contribution < 1.29 is 38.2 Å². The Balaban J connectivity index is 0. The van der Waals surface area contributed by atoms with Gasteiger partial charge in [-0.15, -0.1) is 0 Å². The molecule has 0 saturated carbocycles. The maximum Gasteiger partial charge on any atom is -0.153 e. The maximum absolute atomic E-state index is 10.7. The van der Waals surface area contributed by atoms with E-state index >= 15 is 0 Å². The van der Waals surface area contributed by atoms with Crippen LogP contribution in [-0.2, 0) is 28.0 Å². The van der Waals surface area contributed by atoms with Gasteiger partial charge in [0.15, 0.2) is 0 Å². The largest absolute Gasteiger partial charge is 0.857 e. The SMILES string of the molecule is CC1=C(C)C(C)(C)[C]([Ti+2]([NH]C=O)[NH]C=O)=C1C.C[O-].C[O-]. The molecule has 1 aliphatic carbocycles. The molecule has 0 aromatic rings. The summed E-state index contributed by atoms with van der Waals surface area (Å²) in [7, 11) is 1.50. The van der Waals surface area contributed by atoms with E-state index in [4.69, 9.17) is 10.2 Å². The first-order valence-electron chi connectivity index (χ1n) is 6.37. The third-order valence-corrected chi connectivity index (χ3v) is 7.33. The van der Waals surface area contributed by atoms with Gasteiger partial charge in [-0.1, -0.05) is 0 Å². The first-order valence-corrected chi connectivity index (χ1v) is 8.71. The third-order valence-electron chi connectivity index (χ3n) is 3.72. The molecule has 2 amide bonds. The van der Waals surface area contributed by atoms with Crippen molar-refractivity contribution in [3.05, 3.63) is 20.6 Å². The summed E-state index contributed by atoms with van der Waals surface area (Å²) in [5.74, 6) is 0. The van der Waals surface area contributed by atoms with Crippen molar-refractivity contribution >= 4 is 12.8 Å². The Hall–Kier alpha value is -0.946. The van der Waals surface area contributed by atoms with Crippen molar-refractivity contribution in [3.63, 3.8) is 0 Å². The third kappa shape index (κ3) is 5.07. The van der Waals surface area contributed by atoms with Crippen molar-refractivity contribution in [2.24, 2.45) is 5.41 Å². The summed E-state index contributed by atoms with van der Waals surface area (Å²) in [4.78, 5) is 21.3. The van der Waals surface area contributed by atoms with Crippen LogP contribution in [0.15, 0.2) is 20.6 Å². The molecule has 1 aliphatic rings. The number of rotatable bonds is 5. The van der Waals surface area contributed by atoms with Gasteiger partial charge in [-0.2, -0.15) is 14.2 Å². The number of hydrogen-bond donors (Lipinski definition) is 2. The molecule has 7 heteroatoms. The van der Waals surface area contributed by atoms with Crippen LogP contribution >= 0.6 is 0 Å². The number of nitrogens with one attached hydrogen (secondary N) is 2. The molecule has 0 bridgehead atoms. The van der Waals surface area contributed by atoms with Gasteiger partial charge < -0.3 is 10.2 Å². The second-order valence-electron chi connectivity index (χ2n) is 4.77. The maximum atomic E-state index is 10.7. The number of hydrogen-bond acceptors (Lipinski definition) is 4. The second kappa shape index (κ2) is 10.7. The van der Waals surface area contributed by atoms with Crippen molar-refractivity contribution in [1.82, 2.24) is 7.60 Å². The Morgan fingerprint density at radius 2 is 1.29 bits per heavy atom. The Bertz CT molecular complexity index is 407. The fourth-order valence-electron chi connectivity index (χ4n) is 2.40. The van der Waals surface area contributed by atoms with Crippen molar-refractivity contribution in [3.8, 4) is 0 Å². The molecule has 0 unspecified atom stereocenters. The minimum absolute atomic E-state index is 0.0739. The number of carbonyl (C=O) groups excluding carboxylic acids is 2. The summed E-state index contributed by atoms with van der Waals surface area (Å²) in [6.07, 6.45) is 1.37. The van der Waals surface area contributed by atoms with Gasteiger partial charge in [0.2, 0.25) is 0 Å². The summed E-state index contributed by atoms with van der Waals surface area (Å²) in [6, 6.07) is 0. The zero-order valence-corrected chi connectivity index (χ0v) is 15.3. The van der Waals surface area contributed by atoms with E-state index < -0.39 is 18.4 Å². The molecule has 0 aromatic heterocycles. The van der Waals surface area contributed by atoms with Crippen molar-refractivity contribution in [1.29, 1.82) is 0 Å². The van der Waals surface area contributed by atoms with E-state index in [1.165, 1.54) is 20.6 Å². The fraction of sp³-hybridized carbons (Fsp3) is 0.571. The van der Waals surface area contributed by atoms with Gasteiger partial charge in [0.25, 0.3) is 0 Å². The van der Waals surface area contributed by atoms with Crippen LogP contribution in [0.1, 0.15) is 34.6 Å².